The van der Waals surface area contributed by atoms with Crippen LogP contribution in [0.5, 0.6) is 0 Å². The Kier molecular flexibility index (Phi) is 3.21. The fourth-order valence-corrected chi connectivity index (χ4v) is 3.09. The van der Waals surface area contributed by atoms with Crippen LogP contribution in [0, 0.1) is 23.0 Å². The second-order valence-corrected chi connectivity index (χ2v) is 5.43. The van der Waals surface area contributed by atoms with Crippen LogP contribution in [0.3, 0.4) is 0 Å². The molecule has 0 spiro atoms. The van der Waals surface area contributed by atoms with E-state index in [1.807, 2.05) is 30.3 Å². The number of hydrogen-bond acceptors (Lipinski definition) is 2. The number of hydrogen-bond donors (Lipinski definition) is 0. The number of nitrogens with zero attached hydrogens (tertiary/aromatic N) is 2. The Morgan fingerprint density at radius 1 is 0.917 bits per heavy atom. The molecule has 0 atom stereocenters. The maximum atomic E-state index is 14.3. The molecule has 1 heterocycles. The Bertz CT molecular complexity index is 998. The first-order valence-corrected chi connectivity index (χ1v) is 7.35. The number of rotatable bonds is 1. The maximum Gasteiger partial charge on any atom is 0.134 e. The van der Waals surface area contributed by atoms with Crippen molar-refractivity contribution in [1.82, 2.24) is 4.98 Å². The molecule has 4 heteroatoms. The van der Waals surface area contributed by atoms with Gasteiger partial charge in [0, 0.05) is 34.5 Å². The number of benzene rings is 2. The van der Waals surface area contributed by atoms with E-state index in [-0.39, 0.29) is 11.1 Å². The summed E-state index contributed by atoms with van der Waals surface area (Å²) >= 11 is 0. The Labute approximate surface area is 137 Å². The summed E-state index contributed by atoms with van der Waals surface area (Å²) in [5.74, 6) is -1.43. The van der Waals surface area contributed by atoms with Crippen molar-refractivity contribution in [3.05, 3.63) is 89.1 Å². The second kappa shape index (κ2) is 5.39. The Morgan fingerprint density at radius 3 is 2.42 bits per heavy atom. The monoisotopic (exact) mass is 316 g/mol. The van der Waals surface area contributed by atoms with Gasteiger partial charge in [-0.15, -0.1) is 0 Å². The van der Waals surface area contributed by atoms with Crippen molar-refractivity contribution in [3.63, 3.8) is 0 Å². The molecule has 0 aliphatic heterocycles. The van der Waals surface area contributed by atoms with E-state index in [2.05, 4.69) is 11.1 Å². The van der Waals surface area contributed by atoms with Crippen LogP contribution in [-0.4, -0.2) is 4.98 Å². The second-order valence-electron chi connectivity index (χ2n) is 5.43. The average Bonchev–Trinajstić information content (AvgIpc) is 2.92. The fourth-order valence-electron chi connectivity index (χ4n) is 3.09. The number of halogens is 2. The molecule has 0 N–H and O–H groups in total. The molecule has 0 fully saturated rings. The van der Waals surface area contributed by atoms with E-state index in [0.717, 1.165) is 34.5 Å². The first kappa shape index (κ1) is 14.3. The van der Waals surface area contributed by atoms with Crippen molar-refractivity contribution in [1.29, 1.82) is 5.26 Å². The zero-order valence-electron chi connectivity index (χ0n) is 12.4. The average molecular weight is 316 g/mol. The third kappa shape index (κ3) is 2.03. The quantitative estimate of drug-likeness (QED) is 0.472. The number of allylic oxidation sites excluding steroid dienone is 1. The van der Waals surface area contributed by atoms with Gasteiger partial charge in [0.1, 0.15) is 17.7 Å². The number of fused-ring (bicyclic) bond motifs is 3. The number of pyridine rings is 1. The first-order valence-electron chi connectivity index (χ1n) is 7.35. The van der Waals surface area contributed by atoms with E-state index < -0.39 is 11.6 Å². The van der Waals surface area contributed by atoms with Gasteiger partial charge in [0.05, 0.1) is 11.3 Å². The van der Waals surface area contributed by atoms with E-state index in [1.165, 1.54) is 6.07 Å². The zero-order valence-corrected chi connectivity index (χ0v) is 12.4. The predicted molar refractivity (Wildman–Crippen MR) is 87.6 cm³/mol. The lowest BCUT2D eigenvalue weighted by Gasteiger charge is -2.08. The lowest BCUT2D eigenvalue weighted by Crippen LogP contribution is -1.94. The Balaban J connectivity index is 2.10. The highest BCUT2D eigenvalue weighted by Gasteiger charge is 2.28. The SMILES string of the molecule is N#C/C(=C1\c2ccccc2-c2ncccc21)c1ccc(F)cc1F. The molecule has 0 saturated carbocycles. The van der Waals surface area contributed by atoms with E-state index in [4.69, 9.17) is 0 Å². The summed E-state index contributed by atoms with van der Waals surface area (Å²) in [5.41, 5.74) is 4.15. The standard InChI is InChI=1S/C20H10F2N2/c21-12-7-8-13(18(22)10-12)17(11-23)19-14-4-1-2-5-15(14)20-16(19)6-3-9-24-20/h1-10H/b19-17-. The largest absolute Gasteiger partial charge is 0.256 e. The van der Waals surface area contributed by atoms with Gasteiger partial charge in [0.25, 0.3) is 0 Å². The van der Waals surface area contributed by atoms with Gasteiger partial charge in [-0.2, -0.15) is 5.26 Å². The minimum atomic E-state index is -0.756. The van der Waals surface area contributed by atoms with Crippen molar-refractivity contribution in [2.75, 3.05) is 0 Å². The fraction of sp³-hybridized carbons (Fsp3) is 0. The van der Waals surface area contributed by atoms with Crippen molar-refractivity contribution in [3.8, 4) is 17.3 Å². The van der Waals surface area contributed by atoms with E-state index in [0.29, 0.717) is 5.57 Å². The zero-order chi connectivity index (χ0) is 16.7. The van der Waals surface area contributed by atoms with Crippen LogP contribution in [-0.2, 0) is 0 Å². The molecule has 2 nitrogen and oxygen atoms in total. The van der Waals surface area contributed by atoms with E-state index >= 15 is 0 Å². The molecule has 1 aliphatic carbocycles. The van der Waals surface area contributed by atoms with Gasteiger partial charge < -0.3 is 0 Å². The Hall–Kier alpha value is -3.32. The van der Waals surface area contributed by atoms with Crippen molar-refractivity contribution < 1.29 is 8.78 Å². The molecule has 24 heavy (non-hydrogen) atoms. The van der Waals surface area contributed by atoms with Crippen LogP contribution in [0.1, 0.15) is 16.7 Å². The predicted octanol–water partition coefficient (Wildman–Crippen LogP) is 4.82. The molecule has 0 amide bonds. The maximum absolute atomic E-state index is 14.3. The highest BCUT2D eigenvalue weighted by molar-refractivity contribution is 6.12. The highest BCUT2D eigenvalue weighted by atomic mass is 19.1. The normalized spacial score (nSPS) is 13.9. The summed E-state index contributed by atoms with van der Waals surface area (Å²) in [6.45, 7) is 0. The summed E-state index contributed by atoms with van der Waals surface area (Å²) < 4.78 is 27.5. The van der Waals surface area contributed by atoms with Gasteiger partial charge >= 0.3 is 0 Å². The minimum absolute atomic E-state index is 0.0837. The molecule has 0 bridgehead atoms. The lowest BCUT2D eigenvalue weighted by molar-refractivity contribution is 0.581. The van der Waals surface area contributed by atoms with E-state index in [9.17, 15) is 14.0 Å². The van der Waals surface area contributed by atoms with Crippen LogP contribution >= 0.6 is 0 Å². The van der Waals surface area contributed by atoms with Crippen LogP contribution in [0.15, 0.2) is 60.8 Å². The molecular weight excluding hydrogens is 306 g/mol. The number of nitriles is 1. The van der Waals surface area contributed by atoms with Crippen LogP contribution in [0.4, 0.5) is 8.78 Å². The number of aromatic nitrogens is 1. The van der Waals surface area contributed by atoms with Crippen LogP contribution < -0.4 is 0 Å². The molecule has 4 rings (SSSR count). The van der Waals surface area contributed by atoms with Gasteiger partial charge in [0.2, 0.25) is 0 Å². The highest BCUT2D eigenvalue weighted by Crippen LogP contribution is 2.46. The van der Waals surface area contributed by atoms with Gasteiger partial charge in [0.15, 0.2) is 0 Å². The third-order valence-electron chi connectivity index (χ3n) is 4.09. The summed E-state index contributed by atoms with van der Waals surface area (Å²) in [4.78, 5) is 4.40. The molecule has 1 aliphatic rings. The van der Waals surface area contributed by atoms with Crippen molar-refractivity contribution in [2.45, 2.75) is 0 Å². The molecule has 0 radical (unpaired) electrons. The molecule has 1 aromatic heterocycles. The smallest absolute Gasteiger partial charge is 0.134 e. The molecule has 0 saturated heterocycles. The van der Waals surface area contributed by atoms with Crippen LogP contribution in [0.2, 0.25) is 0 Å². The molecular formula is C20H10F2N2. The molecule has 0 unspecified atom stereocenters. The Morgan fingerprint density at radius 2 is 1.67 bits per heavy atom. The molecule has 2 aromatic carbocycles. The summed E-state index contributed by atoms with van der Waals surface area (Å²) in [6, 6.07) is 16.5. The topological polar surface area (TPSA) is 36.7 Å². The van der Waals surface area contributed by atoms with Gasteiger partial charge in [-0.1, -0.05) is 30.3 Å². The molecule has 114 valence electrons. The lowest BCUT2D eigenvalue weighted by atomic mass is 9.94. The van der Waals surface area contributed by atoms with Crippen molar-refractivity contribution >= 4 is 11.1 Å². The van der Waals surface area contributed by atoms with Crippen LogP contribution in [0.25, 0.3) is 22.4 Å². The first-order chi connectivity index (χ1) is 11.7. The summed E-state index contributed by atoms with van der Waals surface area (Å²) in [7, 11) is 0. The van der Waals surface area contributed by atoms with Gasteiger partial charge in [-0.05, 0) is 23.8 Å². The summed E-state index contributed by atoms with van der Waals surface area (Å²) in [5, 5.41) is 9.70. The third-order valence-corrected chi connectivity index (χ3v) is 4.09. The minimum Gasteiger partial charge on any atom is -0.256 e. The van der Waals surface area contributed by atoms with Crippen molar-refractivity contribution in [2.24, 2.45) is 0 Å². The van der Waals surface area contributed by atoms with Gasteiger partial charge in [-0.25, -0.2) is 8.78 Å². The summed E-state index contributed by atoms with van der Waals surface area (Å²) in [6.07, 6.45) is 1.68. The molecule has 3 aromatic rings. The van der Waals surface area contributed by atoms with E-state index in [1.54, 1.807) is 12.3 Å². The van der Waals surface area contributed by atoms with Gasteiger partial charge in [-0.3, -0.25) is 4.98 Å².